The van der Waals surface area contributed by atoms with Crippen LogP contribution in [-0.2, 0) is 4.79 Å². The molecule has 0 radical (unpaired) electrons. The molecule has 0 saturated carbocycles. The maximum Gasteiger partial charge on any atom is 0.270 e. The van der Waals surface area contributed by atoms with Crippen LogP contribution in [0.1, 0.15) is 32.8 Å². The molecule has 1 aromatic rings. The number of rotatable bonds is 7. The average Bonchev–Trinajstić information content (AvgIpc) is 2.50. The fourth-order valence-electron chi connectivity index (χ4n) is 1.85. The predicted molar refractivity (Wildman–Crippen MR) is 85.2 cm³/mol. The lowest BCUT2D eigenvalue weighted by Crippen LogP contribution is -2.44. The lowest BCUT2D eigenvalue weighted by Gasteiger charge is -2.29. The van der Waals surface area contributed by atoms with Crippen molar-refractivity contribution in [2.45, 2.75) is 32.8 Å². The summed E-state index contributed by atoms with van der Waals surface area (Å²) in [6.07, 6.45) is 3.61. The van der Waals surface area contributed by atoms with Crippen LogP contribution in [0, 0.1) is 16.0 Å². The molecule has 6 heteroatoms. The van der Waals surface area contributed by atoms with Crippen LogP contribution >= 0.6 is 0 Å². The van der Waals surface area contributed by atoms with E-state index in [-0.39, 0.29) is 24.1 Å². The maximum absolute atomic E-state index is 11.7. The molecule has 0 bridgehead atoms. The number of nitrogens with zero attached hydrogens (tertiary/aromatic N) is 1. The van der Waals surface area contributed by atoms with Crippen LogP contribution in [0.15, 0.2) is 30.3 Å². The summed E-state index contributed by atoms with van der Waals surface area (Å²) in [5.74, 6) is -0.288. The van der Waals surface area contributed by atoms with Gasteiger partial charge in [0.2, 0.25) is 5.91 Å². The van der Waals surface area contributed by atoms with Crippen molar-refractivity contribution in [2.75, 3.05) is 6.54 Å². The summed E-state index contributed by atoms with van der Waals surface area (Å²) in [4.78, 5) is 21.9. The number of nitro benzene ring substituents is 1. The van der Waals surface area contributed by atoms with Crippen molar-refractivity contribution in [3.8, 4) is 0 Å². The molecule has 0 aromatic heterocycles. The largest absolute Gasteiger partial charge is 0.388 e. The van der Waals surface area contributed by atoms with E-state index in [9.17, 15) is 20.0 Å². The third-order valence-electron chi connectivity index (χ3n) is 3.80. The zero-order chi connectivity index (χ0) is 16.8. The van der Waals surface area contributed by atoms with Crippen LogP contribution in [-0.4, -0.2) is 28.1 Å². The van der Waals surface area contributed by atoms with Gasteiger partial charge in [-0.3, -0.25) is 14.9 Å². The van der Waals surface area contributed by atoms with E-state index in [1.165, 1.54) is 24.3 Å². The summed E-state index contributed by atoms with van der Waals surface area (Å²) in [5, 5.41) is 23.5. The first-order valence-electron chi connectivity index (χ1n) is 7.19. The number of nitro groups is 1. The van der Waals surface area contributed by atoms with Gasteiger partial charge in [0.15, 0.2) is 0 Å². The van der Waals surface area contributed by atoms with E-state index in [2.05, 4.69) is 5.32 Å². The number of aliphatic hydroxyl groups is 1. The zero-order valence-electron chi connectivity index (χ0n) is 13.1. The molecule has 1 rings (SSSR count). The summed E-state index contributed by atoms with van der Waals surface area (Å²) in [6.45, 7) is 5.74. The SMILES string of the molecule is CCC(C)C(C)(O)CNC(=O)C=Cc1cccc([N+](=O)[O-])c1. The number of hydrogen-bond acceptors (Lipinski definition) is 4. The number of carbonyl (C=O) groups is 1. The molecular weight excluding hydrogens is 284 g/mol. The van der Waals surface area contributed by atoms with Gasteiger partial charge in [0.05, 0.1) is 10.5 Å². The van der Waals surface area contributed by atoms with Crippen LogP contribution in [0.5, 0.6) is 0 Å². The van der Waals surface area contributed by atoms with Gasteiger partial charge in [-0.1, -0.05) is 32.4 Å². The van der Waals surface area contributed by atoms with E-state index in [0.717, 1.165) is 6.42 Å². The van der Waals surface area contributed by atoms with Crippen LogP contribution < -0.4 is 5.32 Å². The van der Waals surface area contributed by atoms with Gasteiger partial charge in [0.1, 0.15) is 0 Å². The van der Waals surface area contributed by atoms with E-state index in [0.29, 0.717) is 5.56 Å². The van der Waals surface area contributed by atoms with Gasteiger partial charge in [-0.25, -0.2) is 0 Å². The van der Waals surface area contributed by atoms with E-state index >= 15 is 0 Å². The van der Waals surface area contributed by atoms with E-state index in [4.69, 9.17) is 0 Å². The average molecular weight is 306 g/mol. The Morgan fingerprint density at radius 2 is 2.23 bits per heavy atom. The Hall–Kier alpha value is -2.21. The van der Waals surface area contributed by atoms with Gasteiger partial charge >= 0.3 is 0 Å². The summed E-state index contributed by atoms with van der Waals surface area (Å²) in [7, 11) is 0. The third kappa shape index (κ3) is 5.29. The first-order chi connectivity index (χ1) is 10.3. The summed E-state index contributed by atoms with van der Waals surface area (Å²) in [5.41, 5.74) is -0.427. The van der Waals surface area contributed by atoms with Crippen molar-refractivity contribution in [3.63, 3.8) is 0 Å². The highest BCUT2D eigenvalue weighted by Gasteiger charge is 2.26. The Morgan fingerprint density at radius 1 is 1.55 bits per heavy atom. The Balaban J connectivity index is 2.62. The molecule has 0 aliphatic carbocycles. The minimum atomic E-state index is -0.968. The molecule has 0 fully saturated rings. The molecule has 0 spiro atoms. The van der Waals surface area contributed by atoms with E-state index < -0.39 is 10.5 Å². The molecule has 1 aromatic carbocycles. The van der Waals surface area contributed by atoms with E-state index in [1.54, 1.807) is 19.1 Å². The minimum Gasteiger partial charge on any atom is -0.388 e. The first kappa shape index (κ1) is 17.8. The summed E-state index contributed by atoms with van der Waals surface area (Å²) in [6, 6.07) is 6.01. The molecule has 2 N–H and O–H groups in total. The molecule has 6 nitrogen and oxygen atoms in total. The fourth-order valence-corrected chi connectivity index (χ4v) is 1.85. The van der Waals surface area contributed by atoms with Crippen molar-refractivity contribution in [1.29, 1.82) is 0 Å². The maximum atomic E-state index is 11.7. The van der Waals surface area contributed by atoms with Crippen molar-refractivity contribution >= 4 is 17.7 Å². The van der Waals surface area contributed by atoms with Crippen LogP contribution in [0.25, 0.3) is 6.08 Å². The Kier molecular flexibility index (Phi) is 6.24. The molecule has 0 aliphatic heterocycles. The third-order valence-corrected chi connectivity index (χ3v) is 3.80. The first-order valence-corrected chi connectivity index (χ1v) is 7.19. The molecule has 22 heavy (non-hydrogen) atoms. The zero-order valence-corrected chi connectivity index (χ0v) is 13.1. The van der Waals surface area contributed by atoms with Crippen molar-refractivity contribution in [2.24, 2.45) is 5.92 Å². The normalized spacial score (nSPS) is 15.3. The van der Waals surface area contributed by atoms with Gasteiger partial charge in [0.25, 0.3) is 5.69 Å². The standard InChI is InChI=1S/C16H22N2O4/c1-4-12(2)16(3,20)11-17-15(19)9-8-13-6-5-7-14(10-13)18(21)22/h5-10,12,20H,4,11H2,1-3H3,(H,17,19). The fraction of sp³-hybridized carbons (Fsp3) is 0.438. The monoisotopic (exact) mass is 306 g/mol. The van der Waals surface area contributed by atoms with Gasteiger partial charge in [-0.05, 0) is 24.5 Å². The van der Waals surface area contributed by atoms with Crippen molar-refractivity contribution in [1.82, 2.24) is 5.32 Å². The number of amides is 1. The second-order valence-electron chi connectivity index (χ2n) is 5.57. The molecular formula is C16H22N2O4. The number of nitrogens with one attached hydrogen (secondary N) is 1. The van der Waals surface area contributed by atoms with Crippen LogP contribution in [0.4, 0.5) is 5.69 Å². The van der Waals surface area contributed by atoms with Gasteiger partial charge < -0.3 is 10.4 Å². The van der Waals surface area contributed by atoms with Crippen molar-refractivity contribution in [3.05, 3.63) is 46.0 Å². The van der Waals surface area contributed by atoms with Gasteiger partial charge in [-0.15, -0.1) is 0 Å². The second kappa shape index (κ2) is 7.70. The summed E-state index contributed by atoms with van der Waals surface area (Å²) >= 11 is 0. The predicted octanol–water partition coefficient (Wildman–Crippen LogP) is 2.52. The highest BCUT2D eigenvalue weighted by atomic mass is 16.6. The highest BCUT2D eigenvalue weighted by molar-refractivity contribution is 5.91. The Labute approximate surface area is 130 Å². The Bertz CT molecular complexity index is 567. The molecule has 2 unspecified atom stereocenters. The second-order valence-corrected chi connectivity index (χ2v) is 5.57. The van der Waals surface area contributed by atoms with Crippen molar-refractivity contribution < 1.29 is 14.8 Å². The quantitative estimate of drug-likeness (QED) is 0.460. The molecule has 0 aliphatic rings. The lowest BCUT2D eigenvalue weighted by atomic mass is 9.89. The summed E-state index contributed by atoms with van der Waals surface area (Å²) < 4.78 is 0. The smallest absolute Gasteiger partial charge is 0.270 e. The molecule has 120 valence electrons. The highest BCUT2D eigenvalue weighted by Crippen LogP contribution is 2.18. The molecule has 1 amide bonds. The van der Waals surface area contributed by atoms with Gasteiger partial charge in [-0.2, -0.15) is 0 Å². The molecule has 0 saturated heterocycles. The van der Waals surface area contributed by atoms with Gasteiger partial charge in [0, 0.05) is 24.8 Å². The lowest BCUT2D eigenvalue weighted by molar-refractivity contribution is -0.384. The Morgan fingerprint density at radius 3 is 2.82 bits per heavy atom. The molecule has 2 atom stereocenters. The van der Waals surface area contributed by atoms with Crippen LogP contribution in [0.3, 0.4) is 0 Å². The number of non-ortho nitro benzene ring substituents is 1. The number of carbonyl (C=O) groups excluding carboxylic acids is 1. The van der Waals surface area contributed by atoms with E-state index in [1.807, 2.05) is 13.8 Å². The topological polar surface area (TPSA) is 92.5 Å². The molecule has 0 heterocycles. The number of hydrogen-bond donors (Lipinski definition) is 2. The van der Waals surface area contributed by atoms with Crippen LogP contribution in [0.2, 0.25) is 0 Å². The minimum absolute atomic E-state index is 0.0257. The number of benzene rings is 1.